The van der Waals surface area contributed by atoms with Crippen molar-refractivity contribution < 1.29 is 9.53 Å². The zero-order valence-corrected chi connectivity index (χ0v) is 18.0. The highest BCUT2D eigenvalue weighted by atomic mass is 16.5. The van der Waals surface area contributed by atoms with Crippen LogP contribution in [-0.2, 0) is 11.2 Å². The Morgan fingerprint density at radius 1 is 1.20 bits per heavy atom. The van der Waals surface area contributed by atoms with Crippen LogP contribution in [-0.4, -0.2) is 46.7 Å². The molecular weight excluding hydrogens is 376 g/mol. The van der Waals surface area contributed by atoms with E-state index in [0.717, 1.165) is 24.0 Å². The van der Waals surface area contributed by atoms with Crippen molar-refractivity contribution in [1.29, 1.82) is 0 Å². The highest BCUT2D eigenvalue weighted by Gasteiger charge is 2.28. The summed E-state index contributed by atoms with van der Waals surface area (Å²) < 4.78 is 6.90. The molecule has 30 heavy (non-hydrogen) atoms. The van der Waals surface area contributed by atoms with E-state index < -0.39 is 0 Å². The highest BCUT2D eigenvalue weighted by Crippen LogP contribution is 2.32. The molecule has 6 heteroatoms. The zero-order chi connectivity index (χ0) is 21.3. The lowest BCUT2D eigenvalue weighted by atomic mass is 9.86. The van der Waals surface area contributed by atoms with E-state index in [2.05, 4.69) is 54.4 Å². The number of ether oxygens (including phenoxy) is 1. The first-order valence-electron chi connectivity index (χ1n) is 10.2. The van der Waals surface area contributed by atoms with E-state index in [1.165, 1.54) is 11.1 Å². The van der Waals surface area contributed by atoms with Gasteiger partial charge in [-0.2, -0.15) is 0 Å². The van der Waals surface area contributed by atoms with Crippen molar-refractivity contribution >= 4 is 22.8 Å². The van der Waals surface area contributed by atoms with E-state index in [1.807, 2.05) is 30.3 Å². The molecule has 3 aromatic rings. The molecule has 0 atom stereocenters. The third-order valence-corrected chi connectivity index (χ3v) is 5.89. The molecule has 0 spiro atoms. The number of methoxy groups -OCH3 is 1. The van der Waals surface area contributed by atoms with Crippen LogP contribution in [0.4, 0.5) is 5.82 Å². The maximum absolute atomic E-state index is 12.5. The lowest BCUT2D eigenvalue weighted by Gasteiger charge is -2.39. The number of carbonyl (C=O) groups is 1. The molecule has 0 fully saturated rings. The zero-order valence-electron chi connectivity index (χ0n) is 18.0. The van der Waals surface area contributed by atoms with Gasteiger partial charge >= 0.3 is 0 Å². The predicted molar refractivity (Wildman–Crippen MR) is 120 cm³/mol. The number of nitrogens with one attached hydrogen (secondary N) is 1. The summed E-state index contributed by atoms with van der Waals surface area (Å²) in [6, 6.07) is 13.9. The third kappa shape index (κ3) is 4.24. The Kier molecular flexibility index (Phi) is 5.35. The molecule has 0 bridgehead atoms. The molecule has 1 N–H and O–H groups in total. The summed E-state index contributed by atoms with van der Waals surface area (Å²) in [7, 11) is 3.78. The van der Waals surface area contributed by atoms with Gasteiger partial charge in [0.1, 0.15) is 5.75 Å². The first-order valence-corrected chi connectivity index (χ1v) is 10.2. The third-order valence-electron chi connectivity index (χ3n) is 5.89. The number of carbonyl (C=O) groups excluding carboxylic acids is 1. The van der Waals surface area contributed by atoms with Crippen LogP contribution in [0.15, 0.2) is 54.7 Å². The number of rotatable bonds is 5. The van der Waals surface area contributed by atoms with Crippen molar-refractivity contribution in [2.45, 2.75) is 32.2 Å². The van der Waals surface area contributed by atoms with Crippen molar-refractivity contribution in [2.24, 2.45) is 0 Å². The van der Waals surface area contributed by atoms with Crippen LogP contribution in [0.3, 0.4) is 0 Å². The van der Waals surface area contributed by atoms with Crippen molar-refractivity contribution in [2.75, 3.05) is 26.0 Å². The second-order valence-electron chi connectivity index (χ2n) is 8.49. The molecule has 1 amide bonds. The normalized spacial score (nSPS) is 16.3. The van der Waals surface area contributed by atoms with Gasteiger partial charge in [0.05, 0.1) is 25.2 Å². The Balaban J connectivity index is 1.40. The first-order chi connectivity index (χ1) is 14.3. The number of hydrogen-bond donors (Lipinski definition) is 1. The standard InChI is InChI=1S/C24H28N4O2/c1-24(2)15-19(11-12-27(24)3)18-7-5-17(6-8-18)13-23(29)25-22-14-20-9-10-21(30-4)16-28(20)26-22/h5-11,14,16H,12-13,15H2,1-4H3,(H,25,26,29). The molecule has 6 nitrogen and oxygen atoms in total. The van der Waals surface area contributed by atoms with Gasteiger partial charge in [-0.3, -0.25) is 9.69 Å². The number of fused-ring (bicyclic) bond motifs is 1. The molecule has 1 aliphatic heterocycles. The van der Waals surface area contributed by atoms with Gasteiger partial charge in [0, 0.05) is 18.2 Å². The Morgan fingerprint density at radius 3 is 2.67 bits per heavy atom. The van der Waals surface area contributed by atoms with Crippen molar-refractivity contribution in [1.82, 2.24) is 14.5 Å². The average Bonchev–Trinajstić information content (AvgIpc) is 3.11. The second-order valence-corrected chi connectivity index (χ2v) is 8.49. The SMILES string of the molecule is COc1ccc2cc(NC(=O)Cc3ccc(C4=CCN(C)C(C)(C)C4)cc3)nn2c1. The summed E-state index contributed by atoms with van der Waals surface area (Å²) in [6.07, 6.45) is 5.40. The minimum atomic E-state index is -0.0854. The number of anilines is 1. The van der Waals surface area contributed by atoms with Crippen LogP contribution in [0, 0.1) is 0 Å². The highest BCUT2D eigenvalue weighted by molar-refractivity contribution is 5.92. The molecule has 0 aliphatic carbocycles. The van der Waals surface area contributed by atoms with Gasteiger partial charge in [0.15, 0.2) is 5.82 Å². The van der Waals surface area contributed by atoms with Gasteiger partial charge in [-0.15, -0.1) is 5.10 Å². The molecule has 156 valence electrons. The molecule has 4 rings (SSSR count). The molecular formula is C24H28N4O2. The number of hydrogen-bond acceptors (Lipinski definition) is 4. The van der Waals surface area contributed by atoms with Crippen LogP contribution in [0.1, 0.15) is 31.4 Å². The average molecular weight is 405 g/mol. The molecule has 0 saturated carbocycles. The van der Waals surface area contributed by atoms with Crippen LogP contribution in [0.25, 0.3) is 11.1 Å². The fraction of sp³-hybridized carbons (Fsp3) is 0.333. The lowest BCUT2D eigenvalue weighted by Crippen LogP contribution is -2.43. The summed E-state index contributed by atoms with van der Waals surface area (Å²) in [4.78, 5) is 14.9. The second kappa shape index (κ2) is 7.95. The molecule has 2 aromatic heterocycles. The van der Waals surface area contributed by atoms with Gasteiger partial charge < -0.3 is 10.1 Å². The van der Waals surface area contributed by atoms with Gasteiger partial charge in [-0.1, -0.05) is 30.3 Å². The fourth-order valence-electron chi connectivity index (χ4n) is 3.75. The summed E-state index contributed by atoms with van der Waals surface area (Å²) >= 11 is 0. The number of benzene rings is 1. The van der Waals surface area contributed by atoms with E-state index in [-0.39, 0.29) is 11.4 Å². The summed E-state index contributed by atoms with van der Waals surface area (Å²) in [5.41, 5.74) is 4.63. The topological polar surface area (TPSA) is 58.9 Å². The summed E-state index contributed by atoms with van der Waals surface area (Å²) in [6.45, 7) is 5.50. The first kappa shape index (κ1) is 20.2. The van der Waals surface area contributed by atoms with Crippen molar-refractivity contribution in [3.63, 3.8) is 0 Å². The van der Waals surface area contributed by atoms with E-state index in [9.17, 15) is 4.79 Å². The number of aromatic nitrogens is 2. The maximum atomic E-state index is 12.5. The minimum Gasteiger partial charge on any atom is -0.495 e. The Labute approximate surface area is 177 Å². The molecule has 1 aliphatic rings. The number of likely N-dealkylation sites (N-methyl/N-ethyl adjacent to an activating group) is 1. The van der Waals surface area contributed by atoms with Crippen LogP contribution in [0.2, 0.25) is 0 Å². The van der Waals surface area contributed by atoms with Crippen molar-refractivity contribution in [3.05, 3.63) is 65.9 Å². The van der Waals surface area contributed by atoms with Crippen LogP contribution >= 0.6 is 0 Å². The molecule has 3 heterocycles. The molecule has 0 radical (unpaired) electrons. The molecule has 1 aromatic carbocycles. The summed E-state index contributed by atoms with van der Waals surface area (Å²) in [5, 5.41) is 7.27. The van der Waals surface area contributed by atoms with Crippen LogP contribution < -0.4 is 10.1 Å². The molecule has 0 saturated heterocycles. The summed E-state index contributed by atoms with van der Waals surface area (Å²) in [5.74, 6) is 1.16. The number of nitrogens with zero attached hydrogens (tertiary/aromatic N) is 3. The van der Waals surface area contributed by atoms with Gasteiger partial charge in [0.2, 0.25) is 5.91 Å². The quantitative estimate of drug-likeness (QED) is 0.698. The smallest absolute Gasteiger partial charge is 0.229 e. The van der Waals surface area contributed by atoms with Gasteiger partial charge in [-0.25, -0.2) is 4.52 Å². The number of amides is 1. The van der Waals surface area contributed by atoms with E-state index in [0.29, 0.717) is 18.0 Å². The Morgan fingerprint density at radius 2 is 1.97 bits per heavy atom. The number of pyridine rings is 1. The predicted octanol–water partition coefficient (Wildman–Crippen LogP) is 4.02. The monoisotopic (exact) mass is 404 g/mol. The van der Waals surface area contributed by atoms with E-state index in [4.69, 9.17) is 4.74 Å². The van der Waals surface area contributed by atoms with Crippen LogP contribution in [0.5, 0.6) is 5.75 Å². The molecule has 0 unspecified atom stereocenters. The largest absolute Gasteiger partial charge is 0.495 e. The van der Waals surface area contributed by atoms with E-state index >= 15 is 0 Å². The maximum Gasteiger partial charge on any atom is 0.229 e. The van der Waals surface area contributed by atoms with E-state index in [1.54, 1.807) is 17.8 Å². The fourth-order valence-corrected chi connectivity index (χ4v) is 3.75. The Hall–Kier alpha value is -3.12. The minimum absolute atomic E-state index is 0.0854. The lowest BCUT2D eigenvalue weighted by molar-refractivity contribution is -0.115. The Bertz CT molecular complexity index is 1100. The van der Waals surface area contributed by atoms with Gasteiger partial charge in [0.25, 0.3) is 0 Å². The van der Waals surface area contributed by atoms with Crippen molar-refractivity contribution in [3.8, 4) is 5.75 Å². The van der Waals surface area contributed by atoms with Gasteiger partial charge in [-0.05, 0) is 56.1 Å².